The summed E-state index contributed by atoms with van der Waals surface area (Å²) in [7, 11) is 0. The molecule has 4 rings (SSSR count). The molecule has 1 saturated carbocycles. The molecule has 0 spiro atoms. The van der Waals surface area contributed by atoms with E-state index in [0.29, 0.717) is 18.5 Å². The molecular formula is C27H34N6O9. The Kier molecular flexibility index (Phi) is 9.62. The van der Waals surface area contributed by atoms with Gasteiger partial charge in [-0.25, -0.2) is 9.48 Å². The van der Waals surface area contributed by atoms with Crippen molar-refractivity contribution in [3.8, 4) is 11.6 Å². The first-order valence-electron chi connectivity index (χ1n) is 13.7. The average molecular weight is 587 g/mol. The van der Waals surface area contributed by atoms with Gasteiger partial charge in [-0.1, -0.05) is 18.2 Å². The van der Waals surface area contributed by atoms with Crippen LogP contribution in [0.5, 0.6) is 5.88 Å². The summed E-state index contributed by atoms with van der Waals surface area (Å²) < 4.78 is 12.2. The van der Waals surface area contributed by atoms with Crippen molar-refractivity contribution in [2.45, 2.75) is 50.7 Å². The molecule has 226 valence electrons. The van der Waals surface area contributed by atoms with Crippen LogP contribution in [0, 0.1) is 0 Å². The number of nitrogens with zero attached hydrogens (tertiary/aromatic N) is 4. The highest BCUT2D eigenvalue weighted by Crippen LogP contribution is 2.37. The van der Waals surface area contributed by atoms with Gasteiger partial charge in [-0.15, -0.1) is 5.06 Å². The molecule has 1 atom stereocenters. The summed E-state index contributed by atoms with van der Waals surface area (Å²) in [6.45, 7) is 2.56. The normalized spacial score (nSPS) is 16.9. The summed E-state index contributed by atoms with van der Waals surface area (Å²) in [4.78, 5) is 68.3. The molecule has 15 heteroatoms. The topological polar surface area (TPSA) is 196 Å². The number of nitrogens with one attached hydrogen (secondary N) is 1. The Bertz CT molecular complexity index is 1300. The summed E-state index contributed by atoms with van der Waals surface area (Å²) >= 11 is 0. The number of ether oxygens (including phenoxy) is 2. The number of para-hydroxylation sites is 1. The van der Waals surface area contributed by atoms with E-state index in [1.807, 2.05) is 0 Å². The largest absolute Gasteiger partial charge is 0.527 e. The van der Waals surface area contributed by atoms with Gasteiger partial charge in [0, 0.05) is 25.6 Å². The van der Waals surface area contributed by atoms with E-state index in [0.717, 1.165) is 6.42 Å². The van der Waals surface area contributed by atoms with Gasteiger partial charge >= 0.3 is 12.1 Å². The minimum Gasteiger partial charge on any atom is -0.481 e. The number of hydrogen-bond acceptors (Lipinski definition) is 10. The molecule has 1 aliphatic heterocycles. The van der Waals surface area contributed by atoms with Gasteiger partial charge in [-0.05, 0) is 44.7 Å². The molecule has 0 unspecified atom stereocenters. The zero-order chi connectivity index (χ0) is 30.3. The molecule has 2 aliphatic rings. The minimum absolute atomic E-state index is 0.103. The van der Waals surface area contributed by atoms with E-state index in [-0.39, 0.29) is 57.2 Å². The van der Waals surface area contributed by atoms with Crippen LogP contribution in [0.25, 0.3) is 5.69 Å². The zero-order valence-corrected chi connectivity index (χ0v) is 23.2. The molecule has 4 N–H and O–H groups in total. The standard InChI is InChI=1S/C27H34N6O9/c1-2-40-26(39)42-32-15-13-31(14-16-32)24(37)19(9-10-22(34)35)29-23(36)20-17-21(41-27(25(28)38)11-6-12-27)33(30-20)18-7-4-3-5-8-18/h3-5,7-8,17,19H,2,6,9-16H2,1H3,(H2,28,38)(H,29,36)(H,34,35)/t19-/m0/s1. The van der Waals surface area contributed by atoms with E-state index in [2.05, 4.69) is 10.4 Å². The summed E-state index contributed by atoms with van der Waals surface area (Å²) in [6.07, 6.45) is 0.235. The number of amides is 3. The SMILES string of the molecule is CCOC(=O)ON1CCN(C(=O)[C@H](CCC(=O)O)NC(=O)c2cc(OC3(C(N)=O)CCC3)n(-c3ccccc3)n2)CC1. The second kappa shape index (κ2) is 13.3. The zero-order valence-electron chi connectivity index (χ0n) is 23.2. The average Bonchev–Trinajstić information content (AvgIpc) is 3.37. The Labute approximate surface area is 241 Å². The molecule has 1 aromatic carbocycles. The second-order valence-electron chi connectivity index (χ2n) is 9.92. The lowest BCUT2D eigenvalue weighted by Gasteiger charge is -2.38. The van der Waals surface area contributed by atoms with Gasteiger partial charge in [0.05, 0.1) is 25.4 Å². The number of aromatic nitrogens is 2. The van der Waals surface area contributed by atoms with Gasteiger partial charge in [0.25, 0.3) is 11.8 Å². The van der Waals surface area contributed by atoms with Crippen molar-refractivity contribution >= 4 is 29.8 Å². The number of hydrogen-bond donors (Lipinski definition) is 3. The van der Waals surface area contributed by atoms with E-state index >= 15 is 0 Å². The number of hydroxylamine groups is 2. The smallest absolute Gasteiger partial charge is 0.481 e. The number of benzene rings is 1. The van der Waals surface area contributed by atoms with E-state index < -0.39 is 41.5 Å². The first-order chi connectivity index (χ1) is 20.1. The van der Waals surface area contributed by atoms with E-state index in [9.17, 15) is 29.1 Å². The second-order valence-corrected chi connectivity index (χ2v) is 9.92. The van der Waals surface area contributed by atoms with Gasteiger partial charge in [0.15, 0.2) is 11.3 Å². The highest BCUT2D eigenvalue weighted by atomic mass is 16.8. The maximum absolute atomic E-state index is 13.4. The maximum atomic E-state index is 13.4. The third-order valence-corrected chi connectivity index (χ3v) is 7.09. The third kappa shape index (κ3) is 7.15. The van der Waals surface area contributed by atoms with Crippen LogP contribution in [0.2, 0.25) is 0 Å². The molecule has 42 heavy (non-hydrogen) atoms. The molecular weight excluding hydrogens is 552 g/mol. The van der Waals surface area contributed by atoms with Gasteiger partial charge in [0.1, 0.15) is 6.04 Å². The van der Waals surface area contributed by atoms with Gasteiger partial charge in [0.2, 0.25) is 11.8 Å². The lowest BCUT2D eigenvalue weighted by molar-refractivity contribution is -0.157. The lowest BCUT2D eigenvalue weighted by atomic mass is 9.79. The highest BCUT2D eigenvalue weighted by molar-refractivity contribution is 5.96. The van der Waals surface area contributed by atoms with Crippen LogP contribution in [0.4, 0.5) is 4.79 Å². The number of nitrogens with two attached hydrogens (primary N) is 1. The first kappa shape index (κ1) is 30.3. The quantitative estimate of drug-likeness (QED) is 0.298. The van der Waals surface area contributed by atoms with Crippen LogP contribution in [-0.2, 0) is 24.0 Å². The summed E-state index contributed by atoms with van der Waals surface area (Å²) in [5, 5.41) is 17.6. The van der Waals surface area contributed by atoms with E-state index in [4.69, 9.17) is 20.0 Å². The van der Waals surface area contributed by atoms with Crippen molar-refractivity contribution in [1.29, 1.82) is 0 Å². The minimum atomic E-state index is -1.21. The first-order valence-corrected chi connectivity index (χ1v) is 13.7. The monoisotopic (exact) mass is 586 g/mol. The molecule has 0 radical (unpaired) electrons. The molecule has 15 nitrogen and oxygen atoms in total. The van der Waals surface area contributed by atoms with E-state index in [1.165, 1.54) is 20.7 Å². The fourth-order valence-corrected chi connectivity index (χ4v) is 4.63. The predicted molar refractivity (Wildman–Crippen MR) is 144 cm³/mol. The number of piperazine rings is 1. The van der Waals surface area contributed by atoms with Crippen LogP contribution in [0.15, 0.2) is 36.4 Å². The summed E-state index contributed by atoms with van der Waals surface area (Å²) in [5.74, 6) is -2.84. The van der Waals surface area contributed by atoms with Crippen molar-refractivity contribution < 1.29 is 43.4 Å². The van der Waals surface area contributed by atoms with Gasteiger partial charge < -0.3 is 35.4 Å². The molecule has 1 aliphatic carbocycles. The molecule has 0 bridgehead atoms. The van der Waals surface area contributed by atoms with Crippen molar-refractivity contribution in [3.05, 3.63) is 42.1 Å². The fourth-order valence-electron chi connectivity index (χ4n) is 4.63. The third-order valence-electron chi connectivity index (χ3n) is 7.09. The number of primary amides is 1. The van der Waals surface area contributed by atoms with Crippen molar-refractivity contribution in [2.24, 2.45) is 5.73 Å². The lowest BCUT2D eigenvalue weighted by Crippen LogP contribution is -2.55. The van der Waals surface area contributed by atoms with Gasteiger partial charge in [-0.2, -0.15) is 5.10 Å². The van der Waals surface area contributed by atoms with Crippen molar-refractivity contribution in [1.82, 2.24) is 25.1 Å². The Morgan fingerprint density at radius 2 is 1.79 bits per heavy atom. The van der Waals surface area contributed by atoms with Crippen LogP contribution in [-0.4, -0.2) is 99.1 Å². The number of carbonyl (C=O) groups excluding carboxylic acids is 4. The van der Waals surface area contributed by atoms with Crippen LogP contribution in [0.3, 0.4) is 0 Å². The Morgan fingerprint density at radius 3 is 2.36 bits per heavy atom. The Morgan fingerprint density at radius 1 is 1.10 bits per heavy atom. The molecule has 2 aromatic rings. The highest BCUT2D eigenvalue weighted by Gasteiger charge is 2.46. The van der Waals surface area contributed by atoms with Crippen LogP contribution >= 0.6 is 0 Å². The summed E-state index contributed by atoms with van der Waals surface area (Å²) in [6, 6.07) is 9.01. The van der Waals surface area contributed by atoms with Crippen LogP contribution in [0.1, 0.15) is 49.5 Å². The maximum Gasteiger partial charge on any atom is 0.527 e. The Balaban J connectivity index is 1.50. The molecule has 1 saturated heterocycles. The fraction of sp³-hybridized carbons (Fsp3) is 0.481. The van der Waals surface area contributed by atoms with Crippen molar-refractivity contribution in [3.63, 3.8) is 0 Å². The number of carboxylic acid groups (broad SMARTS) is 1. The van der Waals surface area contributed by atoms with E-state index in [1.54, 1.807) is 37.3 Å². The number of rotatable bonds is 12. The van der Waals surface area contributed by atoms with Crippen LogP contribution < -0.4 is 15.8 Å². The number of carboxylic acids is 1. The molecule has 2 heterocycles. The predicted octanol–water partition coefficient (Wildman–Crippen LogP) is 0.855. The number of carbonyl (C=O) groups is 5. The molecule has 3 amide bonds. The van der Waals surface area contributed by atoms with Crippen molar-refractivity contribution in [2.75, 3.05) is 32.8 Å². The molecule has 1 aromatic heterocycles. The molecule has 2 fully saturated rings. The number of aliphatic carboxylic acids is 1. The van der Waals surface area contributed by atoms with Gasteiger partial charge in [-0.3, -0.25) is 19.2 Å². The summed E-state index contributed by atoms with van der Waals surface area (Å²) in [5.41, 5.74) is 4.86. The Hall–Kier alpha value is -4.66.